The van der Waals surface area contributed by atoms with Crippen LogP contribution in [0.1, 0.15) is 0 Å². The van der Waals surface area contributed by atoms with Gasteiger partial charge in [-0.15, -0.1) is 0 Å². The highest BCUT2D eigenvalue weighted by atomic mass is 16.6. The van der Waals surface area contributed by atoms with E-state index in [2.05, 4.69) is 4.74 Å². The SMILES string of the molecule is N.OC1C=CC=CO1. The zero-order valence-corrected chi connectivity index (χ0v) is 4.45. The van der Waals surface area contributed by atoms with Crippen LogP contribution < -0.4 is 6.15 Å². The fourth-order valence-corrected chi connectivity index (χ4v) is 0.376. The molecule has 3 nitrogen and oxygen atoms in total. The molecule has 0 bridgehead atoms. The number of allylic oxidation sites excluding steroid dienone is 2. The second kappa shape index (κ2) is 3.23. The summed E-state index contributed by atoms with van der Waals surface area (Å²) in [6.07, 6.45) is 5.72. The maximum atomic E-state index is 8.55. The highest BCUT2D eigenvalue weighted by molar-refractivity contribution is 5.04. The molecule has 0 aromatic rings. The van der Waals surface area contributed by atoms with Gasteiger partial charge >= 0.3 is 0 Å². The fraction of sp³-hybridized carbons (Fsp3) is 0.200. The van der Waals surface area contributed by atoms with Gasteiger partial charge < -0.3 is 16.0 Å². The predicted octanol–water partition coefficient (Wildman–Crippen LogP) is 0.567. The lowest BCUT2D eigenvalue weighted by Crippen LogP contribution is -2.04. The van der Waals surface area contributed by atoms with E-state index in [0.717, 1.165) is 0 Å². The largest absolute Gasteiger partial charge is 0.469 e. The van der Waals surface area contributed by atoms with Gasteiger partial charge in [0.1, 0.15) is 0 Å². The van der Waals surface area contributed by atoms with E-state index in [0.29, 0.717) is 0 Å². The molecule has 0 aromatic carbocycles. The summed E-state index contributed by atoms with van der Waals surface area (Å²) in [7, 11) is 0. The molecule has 3 heteroatoms. The Hall–Kier alpha value is -0.800. The molecular formula is C5H9NO2. The molecule has 8 heavy (non-hydrogen) atoms. The van der Waals surface area contributed by atoms with Crippen LogP contribution in [0.4, 0.5) is 0 Å². The number of aliphatic hydroxyl groups is 1. The first-order valence-corrected chi connectivity index (χ1v) is 2.06. The summed E-state index contributed by atoms with van der Waals surface area (Å²) < 4.78 is 4.57. The highest BCUT2D eigenvalue weighted by Crippen LogP contribution is 1.96. The minimum atomic E-state index is -0.731. The van der Waals surface area contributed by atoms with Crippen LogP contribution in [0.5, 0.6) is 0 Å². The third-order valence-corrected chi connectivity index (χ3v) is 0.683. The van der Waals surface area contributed by atoms with Crippen LogP contribution in [0, 0.1) is 0 Å². The van der Waals surface area contributed by atoms with Crippen molar-refractivity contribution in [3.8, 4) is 0 Å². The average molecular weight is 115 g/mol. The minimum Gasteiger partial charge on any atom is -0.469 e. The molecule has 4 N–H and O–H groups in total. The molecule has 0 saturated carbocycles. The van der Waals surface area contributed by atoms with Crippen LogP contribution in [-0.2, 0) is 4.74 Å². The van der Waals surface area contributed by atoms with Crippen molar-refractivity contribution in [2.24, 2.45) is 0 Å². The Morgan fingerprint density at radius 2 is 2.12 bits per heavy atom. The summed E-state index contributed by atoms with van der Waals surface area (Å²) in [5, 5.41) is 8.55. The summed E-state index contributed by atoms with van der Waals surface area (Å²) in [4.78, 5) is 0. The maximum Gasteiger partial charge on any atom is 0.216 e. The summed E-state index contributed by atoms with van der Waals surface area (Å²) in [6, 6.07) is 0. The van der Waals surface area contributed by atoms with E-state index in [9.17, 15) is 0 Å². The van der Waals surface area contributed by atoms with Crippen molar-refractivity contribution >= 4 is 0 Å². The first-order valence-electron chi connectivity index (χ1n) is 2.06. The Kier molecular flexibility index (Phi) is 2.91. The number of hydrogen-bond donors (Lipinski definition) is 2. The van der Waals surface area contributed by atoms with E-state index in [-0.39, 0.29) is 6.15 Å². The Bertz CT molecular complexity index is 109. The topological polar surface area (TPSA) is 64.5 Å². The van der Waals surface area contributed by atoms with Gasteiger partial charge in [-0.3, -0.25) is 0 Å². The number of hydrogen-bond acceptors (Lipinski definition) is 3. The average Bonchev–Trinajstić information content (AvgIpc) is 1.69. The lowest BCUT2D eigenvalue weighted by molar-refractivity contribution is -0.0132. The molecule has 0 aromatic heterocycles. The third kappa shape index (κ3) is 1.77. The number of ether oxygens (including phenoxy) is 1. The van der Waals surface area contributed by atoms with Crippen LogP contribution in [0.25, 0.3) is 0 Å². The fourth-order valence-electron chi connectivity index (χ4n) is 0.376. The monoisotopic (exact) mass is 115 g/mol. The van der Waals surface area contributed by atoms with Crippen LogP contribution in [0.2, 0.25) is 0 Å². The second-order valence-electron chi connectivity index (χ2n) is 1.24. The van der Waals surface area contributed by atoms with Crippen molar-refractivity contribution in [3.05, 3.63) is 24.5 Å². The van der Waals surface area contributed by atoms with Gasteiger partial charge in [0.05, 0.1) is 6.26 Å². The van der Waals surface area contributed by atoms with Crippen molar-refractivity contribution in [3.63, 3.8) is 0 Å². The molecule has 46 valence electrons. The van der Waals surface area contributed by atoms with E-state index < -0.39 is 6.29 Å². The highest BCUT2D eigenvalue weighted by Gasteiger charge is 1.94. The molecular weight excluding hydrogens is 106 g/mol. The minimum absolute atomic E-state index is 0. The van der Waals surface area contributed by atoms with E-state index in [4.69, 9.17) is 5.11 Å². The molecule has 0 radical (unpaired) electrons. The van der Waals surface area contributed by atoms with E-state index in [1.807, 2.05) is 0 Å². The Morgan fingerprint density at radius 3 is 2.38 bits per heavy atom. The van der Waals surface area contributed by atoms with Gasteiger partial charge in [-0.25, -0.2) is 0 Å². The molecule has 0 saturated heterocycles. The summed E-state index contributed by atoms with van der Waals surface area (Å²) in [5.41, 5.74) is 0. The van der Waals surface area contributed by atoms with Gasteiger partial charge in [0.15, 0.2) is 0 Å². The van der Waals surface area contributed by atoms with Crippen LogP contribution in [0.15, 0.2) is 24.5 Å². The molecule has 1 unspecified atom stereocenters. The van der Waals surface area contributed by atoms with Gasteiger partial charge in [-0.1, -0.05) is 6.08 Å². The first kappa shape index (κ1) is 7.20. The lowest BCUT2D eigenvalue weighted by Gasteiger charge is -2.05. The van der Waals surface area contributed by atoms with Crippen LogP contribution in [0.3, 0.4) is 0 Å². The molecule has 0 spiro atoms. The molecule has 1 atom stereocenters. The van der Waals surface area contributed by atoms with E-state index >= 15 is 0 Å². The van der Waals surface area contributed by atoms with Crippen molar-refractivity contribution in [2.45, 2.75) is 6.29 Å². The molecule has 0 fully saturated rings. The van der Waals surface area contributed by atoms with E-state index in [1.54, 1.807) is 18.2 Å². The molecule has 1 rings (SSSR count). The van der Waals surface area contributed by atoms with Crippen LogP contribution in [-0.4, -0.2) is 11.4 Å². The maximum absolute atomic E-state index is 8.55. The normalized spacial score (nSPS) is 23.9. The molecule has 0 amide bonds. The standard InChI is InChI=1S/C5H6O2.H3N/c6-5-3-1-2-4-7-5;/h1-6H;1H3. The van der Waals surface area contributed by atoms with E-state index in [1.165, 1.54) is 6.26 Å². The third-order valence-electron chi connectivity index (χ3n) is 0.683. The van der Waals surface area contributed by atoms with Gasteiger partial charge in [-0.2, -0.15) is 0 Å². The van der Waals surface area contributed by atoms with Crippen LogP contribution >= 0.6 is 0 Å². The molecule has 1 heterocycles. The van der Waals surface area contributed by atoms with Crippen molar-refractivity contribution in [1.29, 1.82) is 0 Å². The summed E-state index contributed by atoms with van der Waals surface area (Å²) in [6.45, 7) is 0. The Balaban J connectivity index is 0.000000490. The lowest BCUT2D eigenvalue weighted by atomic mass is 10.4. The number of aliphatic hydroxyl groups excluding tert-OH is 1. The van der Waals surface area contributed by atoms with Crippen molar-refractivity contribution < 1.29 is 9.84 Å². The van der Waals surface area contributed by atoms with Crippen molar-refractivity contribution in [2.75, 3.05) is 0 Å². The molecule has 1 aliphatic rings. The first-order chi connectivity index (χ1) is 3.39. The van der Waals surface area contributed by atoms with Crippen molar-refractivity contribution in [1.82, 2.24) is 6.15 Å². The van der Waals surface area contributed by atoms with Gasteiger partial charge in [0, 0.05) is 0 Å². The van der Waals surface area contributed by atoms with Gasteiger partial charge in [-0.05, 0) is 12.2 Å². The summed E-state index contributed by atoms with van der Waals surface area (Å²) >= 11 is 0. The quantitative estimate of drug-likeness (QED) is 0.485. The number of rotatable bonds is 0. The zero-order chi connectivity index (χ0) is 5.11. The zero-order valence-electron chi connectivity index (χ0n) is 4.45. The second-order valence-corrected chi connectivity index (χ2v) is 1.24. The Morgan fingerprint density at radius 1 is 1.38 bits per heavy atom. The Labute approximate surface area is 47.9 Å². The smallest absolute Gasteiger partial charge is 0.216 e. The summed E-state index contributed by atoms with van der Waals surface area (Å²) in [5.74, 6) is 0. The molecule has 0 aliphatic carbocycles. The van der Waals surface area contributed by atoms with Gasteiger partial charge in [0.25, 0.3) is 0 Å². The molecule has 1 aliphatic heterocycles. The van der Waals surface area contributed by atoms with Gasteiger partial charge in [0.2, 0.25) is 6.29 Å². The predicted molar refractivity (Wildman–Crippen MR) is 30.4 cm³/mol.